The number of hydrogen-bond donors (Lipinski definition) is 4. The monoisotopic (exact) mass is 467 g/mol. The van der Waals surface area contributed by atoms with Crippen LogP contribution < -0.4 is 5.32 Å². The molecule has 0 aromatic heterocycles. The fourth-order valence-corrected chi connectivity index (χ4v) is 4.04. The van der Waals surface area contributed by atoms with Gasteiger partial charge in [-0.1, -0.05) is 71.1 Å². The van der Waals surface area contributed by atoms with Crippen molar-refractivity contribution < 1.29 is 33.3 Å². The number of likely N-dealkylation sites (N-methyl/N-ethyl adjacent to an activating group) is 1. The molecule has 1 atom stereocenters. The van der Waals surface area contributed by atoms with E-state index in [0.717, 1.165) is 25.8 Å². The highest BCUT2D eigenvalue weighted by atomic mass is 31.2. The number of nitrogens with one attached hydrogen (secondary N) is 1. The highest BCUT2D eigenvalue weighted by molar-refractivity contribution is 7.46. The Morgan fingerprint density at radius 3 is 1.97 bits per heavy atom. The molecule has 186 valence electrons. The fraction of sp³-hybridized carbons (Fsp3) is 0.955. The number of rotatable bonds is 21. The third kappa shape index (κ3) is 22.5. The average molecular weight is 468 g/mol. The van der Waals surface area contributed by atoms with E-state index in [0.29, 0.717) is 24.0 Å². The Kier molecular flexibility index (Phi) is 17.7. The number of aliphatic hydroxyl groups is 1. The van der Waals surface area contributed by atoms with Gasteiger partial charge in [-0.05, 0) is 6.42 Å². The second-order valence-electron chi connectivity index (χ2n) is 9.27. The van der Waals surface area contributed by atoms with E-state index in [9.17, 15) is 14.5 Å². The molecule has 0 spiro atoms. The topological polar surface area (TPSA) is 116 Å². The molecule has 0 aliphatic rings. The molecule has 0 aromatic carbocycles. The molecule has 31 heavy (non-hydrogen) atoms. The van der Waals surface area contributed by atoms with Gasteiger partial charge in [0.15, 0.2) is 0 Å². The van der Waals surface area contributed by atoms with Crippen LogP contribution in [-0.2, 0) is 13.9 Å². The van der Waals surface area contributed by atoms with Crippen LogP contribution in [0.25, 0.3) is 0 Å². The van der Waals surface area contributed by atoms with Gasteiger partial charge in [0, 0.05) is 19.4 Å². The molecule has 0 bridgehead atoms. The van der Waals surface area contributed by atoms with E-state index < -0.39 is 20.5 Å². The molecule has 1 amide bonds. The number of carbonyl (C=O) groups is 1. The third-order valence-corrected chi connectivity index (χ3v) is 5.90. The molecule has 0 saturated carbocycles. The maximum atomic E-state index is 11.9. The van der Waals surface area contributed by atoms with Crippen molar-refractivity contribution in [2.24, 2.45) is 0 Å². The van der Waals surface area contributed by atoms with Crippen molar-refractivity contribution in [3.8, 4) is 0 Å². The van der Waals surface area contributed by atoms with Gasteiger partial charge in [0.05, 0.1) is 27.2 Å². The molecule has 0 fully saturated rings. The fourth-order valence-electron chi connectivity index (χ4n) is 3.67. The van der Waals surface area contributed by atoms with Crippen molar-refractivity contribution in [2.45, 2.75) is 96.5 Å². The summed E-state index contributed by atoms with van der Waals surface area (Å²) in [7, 11) is -0.713. The summed E-state index contributed by atoms with van der Waals surface area (Å²) >= 11 is 0. The van der Waals surface area contributed by atoms with Crippen molar-refractivity contribution in [2.75, 3.05) is 40.3 Å². The predicted molar refractivity (Wildman–Crippen MR) is 125 cm³/mol. The van der Waals surface area contributed by atoms with Crippen LogP contribution in [0.3, 0.4) is 0 Å². The molecule has 4 N–H and O–H groups in total. The summed E-state index contributed by atoms with van der Waals surface area (Å²) in [5.74, 6) is 0.0938. The molecule has 8 nitrogen and oxygen atoms in total. The lowest BCUT2D eigenvalue weighted by Gasteiger charge is -2.31. The van der Waals surface area contributed by atoms with Crippen LogP contribution in [0.5, 0.6) is 0 Å². The Bertz CT molecular complexity index is 498. The Balaban J connectivity index is 3.61. The van der Waals surface area contributed by atoms with E-state index in [-0.39, 0.29) is 5.91 Å². The summed E-state index contributed by atoms with van der Waals surface area (Å²) in [6.45, 7) is 3.47. The van der Waals surface area contributed by atoms with Crippen molar-refractivity contribution in [3.63, 3.8) is 0 Å². The molecule has 0 aromatic rings. The largest absolute Gasteiger partial charge is 0.469 e. The second-order valence-corrected chi connectivity index (χ2v) is 10.5. The standard InChI is InChI=1S/C22H47N2O6P/c1-4-5-6-7-8-9-10-11-12-13-14-16-22(26)23-17-15-18-24(2,3)19-21(25)20-30-31(27,28)29/h21,25H,4-20H2,1-3H3,(H2-,23,26,27,28,29)/p+1. The van der Waals surface area contributed by atoms with Crippen LogP contribution in [0.1, 0.15) is 90.4 Å². The average Bonchev–Trinajstić information content (AvgIpc) is 2.67. The van der Waals surface area contributed by atoms with Gasteiger partial charge in [-0.15, -0.1) is 0 Å². The Morgan fingerprint density at radius 1 is 0.935 bits per heavy atom. The Morgan fingerprint density at radius 2 is 1.45 bits per heavy atom. The normalized spacial score (nSPS) is 13.4. The first-order valence-corrected chi connectivity index (χ1v) is 13.6. The van der Waals surface area contributed by atoms with E-state index in [1.54, 1.807) is 0 Å². The van der Waals surface area contributed by atoms with Crippen LogP contribution in [0.15, 0.2) is 0 Å². The minimum Gasteiger partial charge on any atom is -0.385 e. The SMILES string of the molecule is CCCCCCCCCCCCCC(=O)NCCC[N+](C)(C)CC(O)COP(=O)(O)O. The number of phosphoric ester groups is 1. The lowest BCUT2D eigenvalue weighted by molar-refractivity contribution is -0.893. The van der Waals surface area contributed by atoms with Crippen molar-refractivity contribution >= 4 is 13.7 Å². The smallest absolute Gasteiger partial charge is 0.385 e. The summed E-state index contributed by atoms with van der Waals surface area (Å²) in [4.78, 5) is 29.3. The first-order valence-electron chi connectivity index (χ1n) is 12.0. The van der Waals surface area contributed by atoms with Crippen LogP contribution in [0.2, 0.25) is 0 Å². The van der Waals surface area contributed by atoms with Crippen molar-refractivity contribution in [3.05, 3.63) is 0 Å². The predicted octanol–water partition coefficient (Wildman–Crippen LogP) is 3.74. The number of nitrogens with zero attached hydrogens (tertiary/aromatic N) is 1. The molecule has 1 unspecified atom stereocenters. The number of carbonyl (C=O) groups excluding carboxylic acids is 1. The lowest BCUT2D eigenvalue weighted by Crippen LogP contribution is -2.47. The summed E-state index contributed by atoms with van der Waals surface area (Å²) < 4.78 is 15.5. The van der Waals surface area contributed by atoms with E-state index in [4.69, 9.17) is 9.79 Å². The lowest BCUT2D eigenvalue weighted by atomic mass is 10.1. The van der Waals surface area contributed by atoms with E-state index in [2.05, 4.69) is 16.8 Å². The van der Waals surface area contributed by atoms with Crippen molar-refractivity contribution in [1.82, 2.24) is 5.32 Å². The quantitative estimate of drug-likeness (QED) is 0.116. The number of amides is 1. The number of aliphatic hydroxyl groups excluding tert-OH is 1. The molecule has 9 heteroatoms. The summed E-state index contributed by atoms with van der Waals surface area (Å²) in [5, 5.41) is 12.8. The van der Waals surface area contributed by atoms with Gasteiger partial charge in [-0.2, -0.15) is 0 Å². The van der Waals surface area contributed by atoms with Crippen LogP contribution >= 0.6 is 7.82 Å². The first kappa shape index (κ1) is 30.5. The maximum Gasteiger partial charge on any atom is 0.469 e. The number of phosphoric acid groups is 1. The summed E-state index contributed by atoms with van der Waals surface area (Å²) in [5.41, 5.74) is 0. The molecule has 0 radical (unpaired) electrons. The van der Waals surface area contributed by atoms with E-state index in [1.807, 2.05) is 14.1 Å². The minimum absolute atomic E-state index is 0.0938. The molecule has 0 aliphatic carbocycles. The summed E-state index contributed by atoms with van der Waals surface area (Å²) in [6, 6.07) is 0. The molecule has 0 saturated heterocycles. The molecule has 0 heterocycles. The number of quaternary nitrogens is 1. The zero-order chi connectivity index (χ0) is 23.6. The van der Waals surface area contributed by atoms with Gasteiger partial charge in [0.1, 0.15) is 12.6 Å². The van der Waals surface area contributed by atoms with Gasteiger partial charge in [0.25, 0.3) is 0 Å². The highest BCUT2D eigenvalue weighted by Gasteiger charge is 2.23. The highest BCUT2D eigenvalue weighted by Crippen LogP contribution is 2.35. The zero-order valence-corrected chi connectivity index (χ0v) is 21.0. The summed E-state index contributed by atoms with van der Waals surface area (Å²) in [6.07, 6.45) is 14.3. The zero-order valence-electron chi connectivity index (χ0n) is 20.1. The first-order chi connectivity index (χ1) is 14.6. The minimum atomic E-state index is -4.56. The van der Waals surface area contributed by atoms with Gasteiger partial charge < -0.3 is 24.7 Å². The molecular formula is C22H48N2O6P+. The number of hydrogen-bond acceptors (Lipinski definition) is 4. The number of unbranched alkanes of at least 4 members (excludes halogenated alkanes) is 10. The van der Waals surface area contributed by atoms with E-state index >= 15 is 0 Å². The van der Waals surface area contributed by atoms with Gasteiger partial charge in [-0.25, -0.2) is 4.57 Å². The van der Waals surface area contributed by atoms with Crippen LogP contribution in [0.4, 0.5) is 0 Å². The van der Waals surface area contributed by atoms with Crippen LogP contribution in [-0.4, -0.2) is 71.7 Å². The van der Waals surface area contributed by atoms with Gasteiger partial charge in [0.2, 0.25) is 5.91 Å². The Labute approximate surface area is 189 Å². The maximum absolute atomic E-state index is 11.9. The molecule has 0 aliphatic heterocycles. The van der Waals surface area contributed by atoms with Gasteiger partial charge >= 0.3 is 7.82 Å². The van der Waals surface area contributed by atoms with Crippen LogP contribution in [0, 0.1) is 0 Å². The Hall–Kier alpha value is -0.500. The molecular weight excluding hydrogens is 419 g/mol. The van der Waals surface area contributed by atoms with Gasteiger partial charge in [-0.3, -0.25) is 9.32 Å². The molecule has 0 rings (SSSR count). The van der Waals surface area contributed by atoms with E-state index in [1.165, 1.54) is 57.8 Å². The van der Waals surface area contributed by atoms with Crippen molar-refractivity contribution in [1.29, 1.82) is 0 Å². The second kappa shape index (κ2) is 18.0. The third-order valence-electron chi connectivity index (χ3n) is 5.41.